The Kier molecular flexibility index (Phi) is 5.78. The first-order valence-corrected chi connectivity index (χ1v) is 10.3. The molecule has 6 N–H and O–H groups in total. The van der Waals surface area contributed by atoms with Gasteiger partial charge in [0.15, 0.2) is 5.82 Å². The van der Waals surface area contributed by atoms with E-state index >= 15 is 0 Å². The molecule has 0 aliphatic carbocycles. The van der Waals surface area contributed by atoms with Crippen LogP contribution in [0.15, 0.2) is 36.4 Å². The summed E-state index contributed by atoms with van der Waals surface area (Å²) in [6.07, 6.45) is 0.469. The summed E-state index contributed by atoms with van der Waals surface area (Å²) in [4.78, 5) is 14.3. The Hall–Kier alpha value is -3.92. The summed E-state index contributed by atoms with van der Waals surface area (Å²) in [6.45, 7) is 4.80. The van der Waals surface area contributed by atoms with Crippen molar-refractivity contribution in [2.75, 3.05) is 36.9 Å². The molecule has 1 aliphatic heterocycles. The van der Waals surface area contributed by atoms with Crippen molar-refractivity contribution in [2.45, 2.75) is 13.3 Å². The van der Waals surface area contributed by atoms with Gasteiger partial charge in [-0.2, -0.15) is 0 Å². The Morgan fingerprint density at radius 1 is 1.16 bits per heavy atom. The van der Waals surface area contributed by atoms with Crippen molar-refractivity contribution in [1.82, 2.24) is 14.8 Å². The van der Waals surface area contributed by atoms with Gasteiger partial charge in [-0.15, -0.1) is 10.2 Å². The van der Waals surface area contributed by atoms with Gasteiger partial charge in [0.25, 0.3) is 5.91 Å². The first kappa shape index (κ1) is 21.3. The molecule has 0 bridgehead atoms. The van der Waals surface area contributed by atoms with E-state index in [2.05, 4.69) is 15.1 Å². The minimum Gasteiger partial charge on any atom is -0.507 e. The van der Waals surface area contributed by atoms with E-state index in [1.165, 1.54) is 10.6 Å². The van der Waals surface area contributed by atoms with Crippen molar-refractivity contribution in [3.05, 3.63) is 47.8 Å². The number of nitrogens with zero attached hydrogens (tertiary/aromatic N) is 4. The molecule has 1 aromatic heterocycles. The van der Waals surface area contributed by atoms with E-state index in [9.17, 15) is 9.90 Å². The van der Waals surface area contributed by atoms with Gasteiger partial charge >= 0.3 is 0 Å². The number of anilines is 2. The maximum absolute atomic E-state index is 12.1. The van der Waals surface area contributed by atoms with E-state index in [1.54, 1.807) is 6.07 Å². The summed E-state index contributed by atoms with van der Waals surface area (Å²) < 4.78 is 6.90. The minimum atomic E-state index is -0.752. The maximum atomic E-state index is 12.1. The molecular weight excluding hydrogens is 410 g/mol. The highest BCUT2D eigenvalue weighted by Gasteiger charge is 2.23. The first-order valence-electron chi connectivity index (χ1n) is 10.3. The lowest BCUT2D eigenvalue weighted by Crippen LogP contribution is -2.36. The lowest BCUT2D eigenvalue weighted by molar-refractivity contribution is 0.0988. The van der Waals surface area contributed by atoms with Gasteiger partial charge in [0.2, 0.25) is 5.82 Å². The van der Waals surface area contributed by atoms with Gasteiger partial charge in [0.05, 0.1) is 18.8 Å². The molecule has 10 heteroatoms. The van der Waals surface area contributed by atoms with Crippen molar-refractivity contribution >= 4 is 23.0 Å². The van der Waals surface area contributed by atoms with Crippen LogP contribution in [0.3, 0.4) is 0 Å². The lowest BCUT2D eigenvalue weighted by atomic mass is 10.0. The highest BCUT2D eigenvalue weighted by Crippen LogP contribution is 2.34. The molecule has 0 saturated carbocycles. The fourth-order valence-electron chi connectivity index (χ4n) is 3.73. The van der Waals surface area contributed by atoms with Crippen LogP contribution in [0, 0.1) is 5.41 Å². The fraction of sp³-hybridized carbons (Fsp3) is 0.273. The number of phenols is 1. The van der Waals surface area contributed by atoms with Crippen LogP contribution in [0.1, 0.15) is 29.5 Å². The van der Waals surface area contributed by atoms with E-state index in [1.807, 2.05) is 31.2 Å². The minimum absolute atomic E-state index is 0.0672. The van der Waals surface area contributed by atoms with E-state index in [0.29, 0.717) is 42.2 Å². The number of benzene rings is 2. The van der Waals surface area contributed by atoms with Crippen LogP contribution in [0.4, 0.5) is 11.4 Å². The number of aromatic nitrogens is 3. The van der Waals surface area contributed by atoms with Gasteiger partial charge in [-0.25, -0.2) is 0 Å². The number of amides is 1. The molecule has 0 spiro atoms. The highest BCUT2D eigenvalue weighted by atomic mass is 16.5. The van der Waals surface area contributed by atoms with Gasteiger partial charge in [-0.1, -0.05) is 6.92 Å². The molecule has 10 nitrogen and oxygen atoms in total. The molecule has 1 aliphatic rings. The second kappa shape index (κ2) is 8.67. The molecule has 166 valence electrons. The summed E-state index contributed by atoms with van der Waals surface area (Å²) >= 11 is 0. The van der Waals surface area contributed by atoms with Crippen molar-refractivity contribution in [3.63, 3.8) is 0 Å². The number of hydrogen-bond donors (Lipinski definition) is 4. The fourth-order valence-corrected chi connectivity index (χ4v) is 3.73. The third kappa shape index (κ3) is 3.87. The number of carbonyl (C=O) groups excluding carboxylic acids is 1. The molecule has 0 atom stereocenters. The molecule has 2 heterocycles. The summed E-state index contributed by atoms with van der Waals surface area (Å²) in [5.74, 6) is -0.731. The molecular formula is C22H25N7O3. The Balaban J connectivity index is 1.82. The van der Waals surface area contributed by atoms with Gasteiger partial charge in [-0.05, 0) is 36.8 Å². The van der Waals surface area contributed by atoms with Crippen molar-refractivity contribution in [3.8, 4) is 22.8 Å². The smallest absolute Gasteiger partial charge is 0.287 e. The largest absolute Gasteiger partial charge is 0.507 e. The molecule has 4 rings (SSSR count). The average Bonchev–Trinajstić information content (AvgIpc) is 3.24. The molecule has 32 heavy (non-hydrogen) atoms. The average molecular weight is 435 g/mol. The number of morpholine rings is 1. The third-order valence-electron chi connectivity index (χ3n) is 5.46. The van der Waals surface area contributed by atoms with E-state index in [0.717, 1.165) is 18.8 Å². The van der Waals surface area contributed by atoms with E-state index in [4.69, 9.17) is 21.6 Å². The summed E-state index contributed by atoms with van der Waals surface area (Å²) in [7, 11) is 0. The Bertz CT molecular complexity index is 1170. The second-order valence-corrected chi connectivity index (χ2v) is 7.45. The molecule has 3 aromatic rings. The van der Waals surface area contributed by atoms with E-state index < -0.39 is 5.91 Å². The molecule has 0 unspecified atom stereocenters. The van der Waals surface area contributed by atoms with Crippen molar-refractivity contribution in [2.24, 2.45) is 5.73 Å². The van der Waals surface area contributed by atoms with Crippen molar-refractivity contribution in [1.29, 1.82) is 5.41 Å². The standard InChI is InChI=1S/C22H25N7O3/c1-2-17(23)15-11-16(19(30)12-18(15)24)21-26-27-22(20(25)31)29(21)14-5-3-13(4-6-14)28-7-9-32-10-8-28/h3-6,11-12,23,30H,2,7-10,24H2,1H3,(H2,25,31). The number of phenolic OH excluding ortho intramolecular Hbond substituents is 1. The number of nitrogens with two attached hydrogens (primary N) is 2. The van der Waals surface area contributed by atoms with Gasteiger partial charge in [0.1, 0.15) is 5.75 Å². The normalized spacial score (nSPS) is 13.8. The maximum Gasteiger partial charge on any atom is 0.287 e. The Labute approximate surface area is 184 Å². The zero-order valence-electron chi connectivity index (χ0n) is 17.7. The van der Waals surface area contributed by atoms with Crippen LogP contribution in [-0.4, -0.2) is 57.8 Å². The number of carbonyl (C=O) groups is 1. The summed E-state index contributed by atoms with van der Waals surface area (Å²) in [6, 6.07) is 10.5. The molecule has 0 radical (unpaired) electrons. The van der Waals surface area contributed by atoms with Crippen molar-refractivity contribution < 1.29 is 14.6 Å². The molecule has 2 aromatic carbocycles. The Morgan fingerprint density at radius 3 is 2.44 bits per heavy atom. The number of nitrogens with one attached hydrogen (secondary N) is 1. The van der Waals surface area contributed by atoms with Crippen LogP contribution in [0.25, 0.3) is 17.1 Å². The topological polar surface area (TPSA) is 156 Å². The monoisotopic (exact) mass is 435 g/mol. The zero-order valence-corrected chi connectivity index (χ0v) is 17.7. The predicted octanol–water partition coefficient (Wildman–Crippen LogP) is 1.94. The summed E-state index contributed by atoms with van der Waals surface area (Å²) in [5.41, 5.74) is 14.6. The number of hydrogen-bond acceptors (Lipinski definition) is 8. The number of rotatable bonds is 6. The second-order valence-electron chi connectivity index (χ2n) is 7.45. The highest BCUT2D eigenvalue weighted by molar-refractivity contribution is 6.04. The number of aromatic hydroxyl groups is 1. The van der Waals surface area contributed by atoms with Gasteiger partial charge in [-0.3, -0.25) is 9.36 Å². The van der Waals surface area contributed by atoms with Crippen LogP contribution in [-0.2, 0) is 4.74 Å². The van der Waals surface area contributed by atoms with Crippen LogP contribution < -0.4 is 16.4 Å². The lowest BCUT2D eigenvalue weighted by Gasteiger charge is -2.29. The third-order valence-corrected chi connectivity index (χ3v) is 5.46. The SMILES string of the molecule is CCC(=N)c1cc(-c2nnc(C(N)=O)n2-c2ccc(N3CCOCC3)cc2)c(O)cc1N. The van der Waals surface area contributed by atoms with Crippen LogP contribution >= 0.6 is 0 Å². The first-order chi connectivity index (χ1) is 15.4. The van der Waals surface area contributed by atoms with Gasteiger partial charge in [0, 0.05) is 47.5 Å². The molecule has 1 saturated heterocycles. The summed E-state index contributed by atoms with van der Waals surface area (Å²) in [5, 5.41) is 26.8. The number of ether oxygens (including phenoxy) is 1. The predicted molar refractivity (Wildman–Crippen MR) is 122 cm³/mol. The Morgan fingerprint density at radius 2 is 1.81 bits per heavy atom. The number of primary amides is 1. The number of nitrogen functional groups attached to an aromatic ring is 1. The zero-order chi connectivity index (χ0) is 22.8. The van der Waals surface area contributed by atoms with Gasteiger partial charge < -0.3 is 31.6 Å². The molecule has 1 fully saturated rings. The van der Waals surface area contributed by atoms with Crippen LogP contribution in [0.2, 0.25) is 0 Å². The van der Waals surface area contributed by atoms with Crippen LogP contribution in [0.5, 0.6) is 5.75 Å². The molecule has 1 amide bonds. The van der Waals surface area contributed by atoms with E-state index in [-0.39, 0.29) is 23.1 Å². The quantitative estimate of drug-likeness (QED) is 0.340.